The van der Waals surface area contributed by atoms with Gasteiger partial charge in [0.25, 0.3) is 5.91 Å². The van der Waals surface area contributed by atoms with Gasteiger partial charge >= 0.3 is 5.97 Å². The van der Waals surface area contributed by atoms with Gasteiger partial charge in [0, 0.05) is 49.6 Å². The lowest BCUT2D eigenvalue weighted by Gasteiger charge is -2.31. The number of ether oxygens (including phenoxy) is 1. The summed E-state index contributed by atoms with van der Waals surface area (Å²) in [6.07, 6.45) is 1.56. The van der Waals surface area contributed by atoms with Gasteiger partial charge in [-0.1, -0.05) is 84.6 Å². The number of thioether (sulfide) groups is 1. The van der Waals surface area contributed by atoms with E-state index in [-0.39, 0.29) is 17.8 Å². The van der Waals surface area contributed by atoms with Crippen LogP contribution in [-0.2, 0) is 21.8 Å². The normalized spacial score (nSPS) is 14.8. The SMILES string of the molecule is CCOC(=O)C1CCCN(C(=O)c2ccc(CSc3nc(-c4ccccc4)cc(N(C)Cc4ccccc4)n3)cc2)C1. The largest absolute Gasteiger partial charge is 0.466 e. The van der Waals surface area contributed by atoms with Crippen molar-refractivity contribution in [1.82, 2.24) is 14.9 Å². The minimum atomic E-state index is -0.249. The van der Waals surface area contributed by atoms with Crippen LogP contribution in [0.25, 0.3) is 11.3 Å². The molecule has 1 unspecified atom stereocenters. The van der Waals surface area contributed by atoms with Gasteiger partial charge in [-0.3, -0.25) is 9.59 Å². The zero-order chi connectivity index (χ0) is 29.3. The first kappa shape index (κ1) is 29.3. The van der Waals surface area contributed by atoms with Crippen molar-refractivity contribution in [1.29, 1.82) is 0 Å². The Balaban J connectivity index is 1.27. The maximum absolute atomic E-state index is 13.2. The molecule has 0 radical (unpaired) electrons. The lowest BCUT2D eigenvalue weighted by molar-refractivity contribution is -0.149. The van der Waals surface area contributed by atoms with E-state index in [2.05, 4.69) is 29.2 Å². The van der Waals surface area contributed by atoms with E-state index in [0.29, 0.717) is 36.2 Å². The van der Waals surface area contributed by atoms with E-state index >= 15 is 0 Å². The smallest absolute Gasteiger partial charge is 0.310 e. The molecule has 1 amide bonds. The Morgan fingerprint density at radius 2 is 1.67 bits per heavy atom. The molecule has 1 aliphatic heterocycles. The number of likely N-dealkylation sites (tertiary alicyclic amines) is 1. The highest BCUT2D eigenvalue weighted by atomic mass is 32.2. The zero-order valence-electron chi connectivity index (χ0n) is 24.1. The first-order valence-electron chi connectivity index (χ1n) is 14.4. The van der Waals surface area contributed by atoms with Gasteiger partial charge < -0.3 is 14.5 Å². The number of benzene rings is 3. The number of anilines is 1. The number of aromatic nitrogens is 2. The summed E-state index contributed by atoms with van der Waals surface area (Å²) in [7, 11) is 2.05. The summed E-state index contributed by atoms with van der Waals surface area (Å²) in [6, 6.07) is 30.2. The van der Waals surface area contributed by atoms with Crippen molar-refractivity contribution in [2.45, 2.75) is 37.2 Å². The molecule has 42 heavy (non-hydrogen) atoms. The van der Waals surface area contributed by atoms with E-state index < -0.39 is 0 Å². The molecular weight excluding hydrogens is 544 g/mol. The molecule has 2 heterocycles. The fraction of sp³-hybridized carbons (Fsp3) is 0.294. The number of esters is 1. The Kier molecular flexibility index (Phi) is 9.87. The van der Waals surface area contributed by atoms with Gasteiger partial charge in [-0.05, 0) is 43.0 Å². The molecule has 0 spiro atoms. The van der Waals surface area contributed by atoms with Crippen molar-refractivity contribution >= 4 is 29.5 Å². The first-order chi connectivity index (χ1) is 20.5. The number of carbonyl (C=O) groups is 2. The van der Waals surface area contributed by atoms with Crippen LogP contribution in [0.3, 0.4) is 0 Å². The van der Waals surface area contributed by atoms with Gasteiger partial charge in [0.2, 0.25) is 0 Å². The Hall–Kier alpha value is -4.17. The summed E-state index contributed by atoms with van der Waals surface area (Å²) in [5.41, 5.74) is 4.84. The van der Waals surface area contributed by atoms with Crippen molar-refractivity contribution in [2.75, 3.05) is 31.6 Å². The van der Waals surface area contributed by atoms with Crippen molar-refractivity contribution in [3.8, 4) is 11.3 Å². The quantitative estimate of drug-likeness (QED) is 0.121. The number of rotatable bonds is 10. The molecule has 4 aromatic rings. The standard InChI is InChI=1S/C34H36N4O3S/c1-3-41-33(40)29-15-10-20-38(23-29)32(39)28-18-16-26(17-19-28)24-42-34-35-30(27-13-8-5-9-14-27)21-31(36-34)37(2)22-25-11-6-4-7-12-25/h4-9,11-14,16-19,21,29H,3,10,15,20,22-24H2,1-2H3. The minimum absolute atomic E-state index is 0.0480. The first-order valence-corrected chi connectivity index (χ1v) is 15.4. The molecule has 3 aromatic carbocycles. The molecule has 8 heteroatoms. The Morgan fingerprint density at radius 3 is 2.38 bits per heavy atom. The second kappa shape index (κ2) is 14.1. The van der Waals surface area contributed by atoms with Gasteiger partial charge in [0.1, 0.15) is 5.82 Å². The molecule has 0 aliphatic carbocycles. The van der Waals surface area contributed by atoms with Crippen LogP contribution < -0.4 is 4.90 Å². The lowest BCUT2D eigenvalue weighted by Crippen LogP contribution is -2.42. The molecule has 5 rings (SSSR count). The van der Waals surface area contributed by atoms with Crippen LogP contribution in [0.15, 0.2) is 96.2 Å². The van der Waals surface area contributed by atoms with Gasteiger partial charge in [0.15, 0.2) is 5.16 Å². The topological polar surface area (TPSA) is 75.6 Å². The maximum atomic E-state index is 13.2. The number of piperidine rings is 1. The van der Waals surface area contributed by atoms with Gasteiger partial charge in [0.05, 0.1) is 18.2 Å². The summed E-state index contributed by atoms with van der Waals surface area (Å²) in [4.78, 5) is 39.0. The summed E-state index contributed by atoms with van der Waals surface area (Å²) >= 11 is 1.58. The third-order valence-electron chi connectivity index (χ3n) is 7.31. The highest BCUT2D eigenvalue weighted by Gasteiger charge is 2.29. The number of hydrogen-bond acceptors (Lipinski definition) is 7. The zero-order valence-corrected chi connectivity index (χ0v) is 24.9. The average molecular weight is 581 g/mol. The van der Waals surface area contributed by atoms with E-state index in [1.54, 1.807) is 23.6 Å². The van der Waals surface area contributed by atoms with Crippen LogP contribution in [0.4, 0.5) is 5.82 Å². The van der Waals surface area contributed by atoms with Gasteiger partial charge in [-0.2, -0.15) is 0 Å². The second-order valence-corrected chi connectivity index (χ2v) is 11.4. The van der Waals surface area contributed by atoms with Crippen LogP contribution in [0, 0.1) is 5.92 Å². The van der Waals surface area contributed by atoms with E-state index in [1.165, 1.54) is 5.56 Å². The van der Waals surface area contributed by atoms with Crippen LogP contribution in [0.2, 0.25) is 0 Å². The number of hydrogen-bond donors (Lipinski definition) is 0. The third-order valence-corrected chi connectivity index (χ3v) is 8.23. The Morgan fingerprint density at radius 1 is 0.952 bits per heavy atom. The van der Waals surface area contributed by atoms with Crippen molar-refractivity contribution in [2.24, 2.45) is 5.92 Å². The highest BCUT2D eigenvalue weighted by Crippen LogP contribution is 2.28. The molecular formula is C34H36N4O3S. The minimum Gasteiger partial charge on any atom is -0.466 e. The predicted molar refractivity (Wildman–Crippen MR) is 167 cm³/mol. The van der Waals surface area contributed by atoms with E-state index in [1.807, 2.05) is 73.8 Å². The fourth-order valence-corrected chi connectivity index (χ4v) is 5.87. The molecule has 7 nitrogen and oxygen atoms in total. The van der Waals surface area contributed by atoms with Gasteiger partial charge in [-0.25, -0.2) is 9.97 Å². The van der Waals surface area contributed by atoms with Gasteiger partial charge in [-0.15, -0.1) is 0 Å². The summed E-state index contributed by atoms with van der Waals surface area (Å²) in [5.74, 6) is 1.02. The molecule has 0 N–H and O–H groups in total. The summed E-state index contributed by atoms with van der Waals surface area (Å²) in [5, 5.41) is 0.699. The molecule has 1 aromatic heterocycles. The fourth-order valence-electron chi connectivity index (χ4n) is 5.06. The van der Waals surface area contributed by atoms with Crippen LogP contribution >= 0.6 is 11.8 Å². The van der Waals surface area contributed by atoms with E-state index in [9.17, 15) is 9.59 Å². The van der Waals surface area contributed by atoms with Crippen LogP contribution in [0.1, 0.15) is 41.3 Å². The number of amides is 1. The molecule has 0 saturated carbocycles. The van der Waals surface area contributed by atoms with Crippen molar-refractivity contribution < 1.29 is 14.3 Å². The van der Waals surface area contributed by atoms with Crippen molar-refractivity contribution in [3.63, 3.8) is 0 Å². The highest BCUT2D eigenvalue weighted by molar-refractivity contribution is 7.98. The van der Waals surface area contributed by atoms with Crippen LogP contribution in [0.5, 0.6) is 0 Å². The summed E-state index contributed by atoms with van der Waals surface area (Å²) < 4.78 is 5.18. The number of nitrogens with zero attached hydrogens (tertiary/aromatic N) is 4. The molecule has 1 atom stereocenters. The number of carbonyl (C=O) groups excluding carboxylic acids is 2. The predicted octanol–water partition coefficient (Wildman–Crippen LogP) is 6.49. The Bertz CT molecular complexity index is 1480. The molecule has 216 valence electrons. The molecule has 1 fully saturated rings. The van der Waals surface area contributed by atoms with Crippen LogP contribution in [-0.4, -0.2) is 53.5 Å². The summed E-state index contributed by atoms with van der Waals surface area (Å²) in [6.45, 7) is 3.96. The Labute approximate surface area is 251 Å². The molecule has 1 aliphatic rings. The van der Waals surface area contributed by atoms with E-state index in [0.717, 1.165) is 42.0 Å². The maximum Gasteiger partial charge on any atom is 0.310 e. The lowest BCUT2D eigenvalue weighted by atomic mass is 9.97. The van der Waals surface area contributed by atoms with Crippen molar-refractivity contribution in [3.05, 3.63) is 108 Å². The third kappa shape index (κ3) is 7.56. The monoisotopic (exact) mass is 580 g/mol. The van der Waals surface area contributed by atoms with E-state index in [4.69, 9.17) is 14.7 Å². The molecule has 0 bridgehead atoms. The second-order valence-electron chi connectivity index (χ2n) is 10.4. The molecule has 1 saturated heterocycles. The average Bonchev–Trinajstić information content (AvgIpc) is 3.04.